The van der Waals surface area contributed by atoms with Crippen LogP contribution in [0.25, 0.3) is 0 Å². The Morgan fingerprint density at radius 2 is 1.97 bits per heavy atom. The molecule has 4 atom stereocenters. The van der Waals surface area contributed by atoms with Gasteiger partial charge in [-0.25, -0.2) is 0 Å². The summed E-state index contributed by atoms with van der Waals surface area (Å²) in [6, 6.07) is 6.77. The number of nitrogens with zero attached hydrogens (tertiary/aromatic N) is 1. The van der Waals surface area contributed by atoms with Gasteiger partial charge in [0.1, 0.15) is 24.6 Å². The molecule has 3 aliphatic rings. The first-order valence-electron chi connectivity index (χ1n) is 12.5. The maximum Gasteiger partial charge on any atom is 0.249 e. The van der Waals surface area contributed by atoms with Crippen LogP contribution in [0.1, 0.15) is 50.5 Å². The topological polar surface area (TPSA) is 108 Å². The van der Waals surface area contributed by atoms with Crippen LogP contribution in [0.15, 0.2) is 35.9 Å². The molecule has 1 aromatic rings. The lowest BCUT2D eigenvalue weighted by Crippen LogP contribution is -2.57. The minimum absolute atomic E-state index is 0.0680. The third-order valence-corrected chi connectivity index (χ3v) is 7.17. The number of para-hydroxylation sites is 1. The highest BCUT2D eigenvalue weighted by molar-refractivity contribution is 5.96. The molecule has 8 nitrogen and oxygen atoms in total. The predicted molar refractivity (Wildman–Crippen MR) is 126 cm³/mol. The highest BCUT2D eigenvalue weighted by Crippen LogP contribution is 2.47. The normalized spacial score (nSPS) is 26.1. The molecule has 3 N–H and O–H groups in total. The number of aliphatic hydroxyl groups excluding tert-OH is 2. The van der Waals surface area contributed by atoms with Crippen LogP contribution in [0, 0.1) is 5.92 Å². The third kappa shape index (κ3) is 5.14. The van der Waals surface area contributed by atoms with E-state index in [4.69, 9.17) is 9.47 Å². The molecular formula is C26H36N2O6. The lowest BCUT2D eigenvalue weighted by Gasteiger charge is -2.42. The van der Waals surface area contributed by atoms with Crippen molar-refractivity contribution < 1.29 is 29.3 Å². The smallest absolute Gasteiger partial charge is 0.249 e. The maximum absolute atomic E-state index is 13.3. The number of hydrogen-bond donors (Lipinski definition) is 3. The van der Waals surface area contributed by atoms with Gasteiger partial charge in [-0.3, -0.25) is 9.59 Å². The Labute approximate surface area is 200 Å². The van der Waals surface area contributed by atoms with Crippen LogP contribution in [0.5, 0.6) is 5.75 Å². The molecule has 4 rings (SSSR count). The minimum atomic E-state index is -0.999. The van der Waals surface area contributed by atoms with Gasteiger partial charge in [-0.1, -0.05) is 37.5 Å². The minimum Gasteiger partial charge on any atom is -0.486 e. The zero-order chi connectivity index (χ0) is 24.1. The van der Waals surface area contributed by atoms with Crippen molar-refractivity contribution in [3.8, 4) is 5.75 Å². The van der Waals surface area contributed by atoms with Gasteiger partial charge in [0, 0.05) is 30.8 Å². The second kappa shape index (κ2) is 11.3. The largest absolute Gasteiger partial charge is 0.486 e. The van der Waals surface area contributed by atoms with Crippen molar-refractivity contribution in [1.82, 2.24) is 10.2 Å². The Bertz CT molecular complexity index is 897. The molecular weight excluding hydrogens is 436 g/mol. The number of carbonyl (C=O) groups excluding carboxylic acids is 2. The van der Waals surface area contributed by atoms with Gasteiger partial charge >= 0.3 is 0 Å². The fourth-order valence-corrected chi connectivity index (χ4v) is 5.50. The number of benzene rings is 1. The molecule has 34 heavy (non-hydrogen) atoms. The van der Waals surface area contributed by atoms with Gasteiger partial charge in [-0.15, -0.1) is 0 Å². The summed E-state index contributed by atoms with van der Waals surface area (Å²) < 4.78 is 11.6. The molecule has 186 valence electrons. The number of rotatable bonds is 9. The molecule has 1 fully saturated rings. The molecule has 0 bridgehead atoms. The zero-order valence-corrected chi connectivity index (χ0v) is 19.8. The molecule has 4 unspecified atom stereocenters. The summed E-state index contributed by atoms with van der Waals surface area (Å²) in [6.45, 7) is 2.66. The van der Waals surface area contributed by atoms with Crippen molar-refractivity contribution in [2.45, 2.75) is 63.2 Å². The van der Waals surface area contributed by atoms with Crippen LogP contribution in [-0.4, -0.2) is 78.1 Å². The van der Waals surface area contributed by atoms with Gasteiger partial charge < -0.3 is 29.9 Å². The fraction of sp³-hybridized carbons (Fsp3) is 0.615. The van der Waals surface area contributed by atoms with Crippen LogP contribution in [0.3, 0.4) is 0 Å². The highest BCUT2D eigenvalue weighted by Gasteiger charge is 2.50. The van der Waals surface area contributed by atoms with Crippen LogP contribution in [-0.2, 0) is 14.3 Å². The Morgan fingerprint density at radius 1 is 1.21 bits per heavy atom. The van der Waals surface area contributed by atoms with Gasteiger partial charge in [0.25, 0.3) is 0 Å². The number of fused-ring (bicyclic) bond motifs is 3. The van der Waals surface area contributed by atoms with E-state index >= 15 is 0 Å². The number of amides is 2. The molecule has 1 aliphatic heterocycles. The molecule has 1 heterocycles. The molecule has 1 saturated carbocycles. The number of aliphatic hydroxyl groups is 2. The van der Waals surface area contributed by atoms with Gasteiger partial charge in [0.15, 0.2) is 0 Å². The SMILES string of the molecule is CCOCC(=O)N(CC1CCCCC1)C1C=C(C(=O)NCCO)C2c3ccccc3OC2C1O. The quantitative estimate of drug-likeness (QED) is 0.505. The summed E-state index contributed by atoms with van der Waals surface area (Å²) in [6.07, 6.45) is 5.62. The van der Waals surface area contributed by atoms with Crippen LogP contribution < -0.4 is 10.1 Å². The van der Waals surface area contributed by atoms with Crippen LogP contribution in [0.2, 0.25) is 0 Å². The highest BCUT2D eigenvalue weighted by atomic mass is 16.5. The number of carbonyl (C=O) groups is 2. The summed E-state index contributed by atoms with van der Waals surface area (Å²) in [5.74, 6) is 0.0242. The van der Waals surface area contributed by atoms with Crippen molar-refractivity contribution in [1.29, 1.82) is 0 Å². The summed E-state index contributed by atoms with van der Waals surface area (Å²) in [4.78, 5) is 28.1. The van der Waals surface area contributed by atoms with Crippen LogP contribution >= 0.6 is 0 Å². The van der Waals surface area contributed by atoms with E-state index in [-0.39, 0.29) is 31.6 Å². The van der Waals surface area contributed by atoms with Crippen molar-refractivity contribution in [2.24, 2.45) is 5.92 Å². The van der Waals surface area contributed by atoms with Crippen molar-refractivity contribution >= 4 is 11.8 Å². The lowest BCUT2D eigenvalue weighted by molar-refractivity contribution is -0.142. The van der Waals surface area contributed by atoms with E-state index in [9.17, 15) is 19.8 Å². The first-order valence-corrected chi connectivity index (χ1v) is 12.5. The molecule has 2 amide bonds. The third-order valence-electron chi connectivity index (χ3n) is 7.17. The van der Waals surface area contributed by atoms with E-state index in [0.717, 1.165) is 31.2 Å². The monoisotopic (exact) mass is 472 g/mol. The Hall–Kier alpha value is -2.42. The Kier molecular flexibility index (Phi) is 8.24. The summed E-state index contributed by atoms with van der Waals surface area (Å²) in [5.41, 5.74) is 1.30. The van der Waals surface area contributed by atoms with E-state index < -0.39 is 24.2 Å². The molecule has 1 aromatic carbocycles. The lowest BCUT2D eigenvalue weighted by atomic mass is 9.77. The second-order valence-electron chi connectivity index (χ2n) is 9.37. The van der Waals surface area contributed by atoms with Crippen molar-refractivity contribution in [3.05, 3.63) is 41.5 Å². The molecule has 0 radical (unpaired) electrons. The number of ether oxygens (including phenoxy) is 2. The van der Waals surface area contributed by atoms with Crippen molar-refractivity contribution in [2.75, 3.05) is 32.9 Å². The van der Waals surface area contributed by atoms with Gasteiger partial charge in [0.2, 0.25) is 11.8 Å². The molecule has 8 heteroatoms. The molecule has 0 saturated heterocycles. The molecule has 2 aliphatic carbocycles. The molecule has 0 aromatic heterocycles. The Morgan fingerprint density at radius 3 is 2.71 bits per heavy atom. The van der Waals surface area contributed by atoms with Gasteiger partial charge in [-0.05, 0) is 37.8 Å². The number of hydrogen-bond acceptors (Lipinski definition) is 6. The fourth-order valence-electron chi connectivity index (χ4n) is 5.50. The molecule has 0 spiro atoms. The maximum atomic E-state index is 13.3. The summed E-state index contributed by atoms with van der Waals surface area (Å²) in [5, 5.41) is 23.4. The Balaban J connectivity index is 1.69. The number of nitrogens with one attached hydrogen (secondary N) is 1. The van der Waals surface area contributed by atoms with E-state index in [1.54, 1.807) is 11.0 Å². The van der Waals surface area contributed by atoms with E-state index in [0.29, 0.717) is 30.4 Å². The standard InChI is InChI=1S/C26H36N2O6/c1-2-33-16-22(30)28(15-17-8-4-3-5-9-17)20-14-19(26(32)27-12-13-29)23-18-10-6-7-11-21(18)34-25(23)24(20)31/h6-7,10-11,14,17,20,23-25,29,31H,2-5,8-9,12-13,15-16H2,1H3,(H,27,32). The first kappa shape index (κ1) is 24.7. The van der Waals surface area contributed by atoms with E-state index in [1.165, 1.54) is 6.42 Å². The van der Waals surface area contributed by atoms with E-state index in [1.807, 2.05) is 31.2 Å². The first-order chi connectivity index (χ1) is 16.5. The second-order valence-corrected chi connectivity index (χ2v) is 9.37. The van der Waals surface area contributed by atoms with E-state index in [2.05, 4.69) is 5.32 Å². The predicted octanol–water partition coefficient (Wildman–Crippen LogP) is 1.75. The average molecular weight is 473 g/mol. The average Bonchev–Trinajstić information content (AvgIpc) is 3.26. The van der Waals surface area contributed by atoms with Crippen molar-refractivity contribution in [3.63, 3.8) is 0 Å². The summed E-state index contributed by atoms with van der Waals surface area (Å²) in [7, 11) is 0. The van der Waals surface area contributed by atoms with Gasteiger partial charge in [0.05, 0.1) is 18.6 Å². The summed E-state index contributed by atoms with van der Waals surface area (Å²) >= 11 is 0. The van der Waals surface area contributed by atoms with Crippen LogP contribution in [0.4, 0.5) is 0 Å². The zero-order valence-electron chi connectivity index (χ0n) is 19.8. The van der Waals surface area contributed by atoms with Gasteiger partial charge in [-0.2, -0.15) is 0 Å².